The number of rotatable bonds is 12. The van der Waals surface area contributed by atoms with Gasteiger partial charge in [0.15, 0.2) is 0 Å². The molecule has 0 bridgehead atoms. The zero-order valence-corrected chi connectivity index (χ0v) is 18.3. The Balaban J connectivity index is 3.77. The Labute approximate surface area is 186 Å². The topological polar surface area (TPSA) is 168 Å². The highest BCUT2D eigenvalue weighted by atomic mass is 16.2. The molecule has 12 heteroatoms. The summed E-state index contributed by atoms with van der Waals surface area (Å²) in [5.74, 6) is -7.04. The summed E-state index contributed by atoms with van der Waals surface area (Å²) in [4.78, 5) is 110. The first-order chi connectivity index (χ1) is 15.1. The van der Waals surface area contributed by atoms with Gasteiger partial charge in [-0.1, -0.05) is 19.7 Å². The van der Waals surface area contributed by atoms with Crippen LogP contribution < -0.4 is 17.1 Å². The molecule has 0 unspecified atom stereocenters. The molecule has 0 saturated heterocycles. The maximum absolute atomic E-state index is 12.7. The van der Waals surface area contributed by atoms with Crippen LogP contribution in [0.2, 0.25) is 0 Å². The SMILES string of the molecule is C=C(C)C(=O)C(=O)Cn1c(=O)n(CC(=O)C(=O)C(=C)C)c(=O)n(CC(=O)C(=O)C(=C)C)c1=O. The zero-order valence-electron chi connectivity index (χ0n) is 18.3. The zero-order chi connectivity index (χ0) is 25.8. The molecular weight excluding hydrogens is 438 g/mol. The fraction of sp³-hybridized carbons (Fsp3) is 0.286. The normalized spacial score (nSPS) is 10.3. The van der Waals surface area contributed by atoms with Crippen LogP contribution in [0.15, 0.2) is 50.8 Å². The minimum absolute atomic E-state index is 0.140. The van der Waals surface area contributed by atoms with E-state index in [1.807, 2.05) is 0 Å². The number of hydrogen-bond donors (Lipinski definition) is 0. The van der Waals surface area contributed by atoms with Gasteiger partial charge in [-0.15, -0.1) is 0 Å². The molecule has 0 atom stereocenters. The summed E-state index contributed by atoms with van der Waals surface area (Å²) in [5.41, 5.74) is -5.01. The van der Waals surface area contributed by atoms with Gasteiger partial charge in [0.1, 0.15) is 0 Å². The van der Waals surface area contributed by atoms with Crippen LogP contribution in [-0.2, 0) is 48.4 Å². The number of carbonyl (C=O) groups is 6. The Kier molecular flexibility index (Phi) is 8.33. The molecule has 0 aliphatic carbocycles. The largest absolute Gasteiger partial charge is 0.337 e. The van der Waals surface area contributed by atoms with Crippen LogP contribution >= 0.6 is 0 Å². The van der Waals surface area contributed by atoms with Gasteiger partial charge in [0.2, 0.25) is 34.7 Å². The van der Waals surface area contributed by atoms with Crippen molar-refractivity contribution in [3.8, 4) is 0 Å². The van der Waals surface area contributed by atoms with E-state index in [4.69, 9.17) is 0 Å². The molecule has 1 aromatic heterocycles. The average Bonchev–Trinajstić information content (AvgIpc) is 2.74. The van der Waals surface area contributed by atoms with Gasteiger partial charge < -0.3 is 0 Å². The lowest BCUT2D eigenvalue weighted by molar-refractivity contribution is -0.135. The summed E-state index contributed by atoms with van der Waals surface area (Å²) < 4.78 is 0.421. The highest BCUT2D eigenvalue weighted by molar-refractivity contribution is 6.44. The third-order valence-corrected chi connectivity index (χ3v) is 4.21. The van der Waals surface area contributed by atoms with E-state index < -0.39 is 71.4 Å². The minimum atomic E-state index is -1.48. The molecular formula is C21H21N3O9. The van der Waals surface area contributed by atoms with Crippen molar-refractivity contribution in [2.75, 3.05) is 0 Å². The predicted molar refractivity (Wildman–Crippen MR) is 114 cm³/mol. The smallest absolute Gasteiger partial charge is 0.288 e. The van der Waals surface area contributed by atoms with Gasteiger partial charge in [0, 0.05) is 0 Å². The van der Waals surface area contributed by atoms with Gasteiger partial charge in [-0.25, -0.2) is 28.1 Å². The fourth-order valence-electron chi connectivity index (χ4n) is 2.45. The lowest BCUT2D eigenvalue weighted by Gasteiger charge is -2.12. The molecule has 0 aliphatic rings. The van der Waals surface area contributed by atoms with E-state index in [1.54, 1.807) is 0 Å². The molecule has 0 aliphatic heterocycles. The predicted octanol–water partition coefficient (Wildman–Crippen LogP) is -1.69. The number of allylic oxidation sites excluding steroid dienone is 3. The van der Waals surface area contributed by atoms with E-state index in [1.165, 1.54) is 20.8 Å². The van der Waals surface area contributed by atoms with Crippen LogP contribution in [0.5, 0.6) is 0 Å². The number of aromatic nitrogens is 3. The number of carbonyl (C=O) groups excluding carboxylic acids is 6. The number of Topliss-reactive ketones (excluding diaryl/α,β-unsaturated/α-hetero) is 6. The van der Waals surface area contributed by atoms with E-state index in [-0.39, 0.29) is 30.4 Å². The van der Waals surface area contributed by atoms with Crippen molar-refractivity contribution in [3.05, 3.63) is 67.9 Å². The first kappa shape index (κ1) is 26.7. The summed E-state index contributed by atoms with van der Waals surface area (Å²) in [5, 5.41) is 0. The molecule has 0 spiro atoms. The van der Waals surface area contributed by atoms with Crippen LogP contribution in [0.4, 0.5) is 0 Å². The number of hydrogen-bond acceptors (Lipinski definition) is 9. The molecule has 0 fully saturated rings. The third-order valence-electron chi connectivity index (χ3n) is 4.21. The van der Waals surface area contributed by atoms with Crippen molar-refractivity contribution in [3.63, 3.8) is 0 Å². The second-order valence-corrected chi connectivity index (χ2v) is 7.20. The summed E-state index contributed by atoms with van der Waals surface area (Å²) in [6.45, 7) is 10.1. The van der Waals surface area contributed by atoms with E-state index in [2.05, 4.69) is 19.7 Å². The monoisotopic (exact) mass is 459 g/mol. The maximum Gasteiger partial charge on any atom is 0.337 e. The molecule has 1 heterocycles. The molecule has 1 rings (SSSR count). The lowest BCUT2D eigenvalue weighted by Crippen LogP contribution is -2.57. The van der Waals surface area contributed by atoms with E-state index in [9.17, 15) is 43.2 Å². The maximum atomic E-state index is 12.7. The van der Waals surface area contributed by atoms with Crippen LogP contribution in [0, 0.1) is 0 Å². The molecule has 1 aromatic rings. The standard InChI is InChI=1S/C21H21N3O9/c1-10(2)16(28)13(25)7-22-19(31)23(8-14(26)17(29)11(3)4)21(33)24(20(22)32)9-15(27)18(30)12(5)6/h1,3,5,7-9H2,2,4,6H3. The van der Waals surface area contributed by atoms with Gasteiger partial charge >= 0.3 is 17.1 Å². The second-order valence-electron chi connectivity index (χ2n) is 7.20. The van der Waals surface area contributed by atoms with Crippen LogP contribution in [-0.4, -0.2) is 48.4 Å². The van der Waals surface area contributed by atoms with Crippen LogP contribution in [0.25, 0.3) is 0 Å². The Morgan fingerprint density at radius 2 is 0.697 bits per heavy atom. The van der Waals surface area contributed by atoms with Crippen molar-refractivity contribution in [1.82, 2.24) is 13.7 Å². The Morgan fingerprint density at radius 3 is 0.848 bits per heavy atom. The summed E-state index contributed by atoms with van der Waals surface area (Å²) in [6, 6.07) is 0. The van der Waals surface area contributed by atoms with Crippen LogP contribution in [0.3, 0.4) is 0 Å². The molecule has 33 heavy (non-hydrogen) atoms. The van der Waals surface area contributed by atoms with Crippen molar-refractivity contribution >= 4 is 34.7 Å². The van der Waals surface area contributed by atoms with Gasteiger partial charge in [-0.3, -0.25) is 28.8 Å². The molecule has 0 aromatic carbocycles. The van der Waals surface area contributed by atoms with Crippen molar-refractivity contribution < 1.29 is 28.8 Å². The molecule has 12 nitrogen and oxygen atoms in total. The van der Waals surface area contributed by atoms with E-state index in [0.29, 0.717) is 0 Å². The third kappa shape index (κ3) is 5.87. The van der Waals surface area contributed by atoms with Gasteiger partial charge in [-0.05, 0) is 37.5 Å². The minimum Gasteiger partial charge on any atom is -0.288 e. The highest BCUT2D eigenvalue weighted by Gasteiger charge is 2.26. The molecule has 0 saturated carbocycles. The Hall–Kier alpha value is -4.35. The summed E-state index contributed by atoms with van der Waals surface area (Å²) >= 11 is 0. The lowest BCUT2D eigenvalue weighted by atomic mass is 10.1. The number of ketones is 6. The van der Waals surface area contributed by atoms with Crippen molar-refractivity contribution in [1.29, 1.82) is 0 Å². The summed E-state index contributed by atoms with van der Waals surface area (Å²) in [6.07, 6.45) is 0. The van der Waals surface area contributed by atoms with Gasteiger partial charge in [0.25, 0.3) is 0 Å². The highest BCUT2D eigenvalue weighted by Crippen LogP contribution is 1.96. The first-order valence-electron chi connectivity index (χ1n) is 9.25. The fourth-order valence-corrected chi connectivity index (χ4v) is 2.45. The Morgan fingerprint density at radius 1 is 0.515 bits per heavy atom. The van der Waals surface area contributed by atoms with E-state index in [0.717, 1.165) is 0 Å². The quantitative estimate of drug-likeness (QED) is 0.262. The van der Waals surface area contributed by atoms with Gasteiger partial charge in [-0.2, -0.15) is 0 Å². The van der Waals surface area contributed by atoms with Crippen molar-refractivity contribution in [2.24, 2.45) is 0 Å². The van der Waals surface area contributed by atoms with Crippen molar-refractivity contribution in [2.45, 2.75) is 40.4 Å². The second kappa shape index (κ2) is 10.3. The molecule has 0 N–H and O–H groups in total. The Bertz CT molecular complexity index is 1140. The average molecular weight is 459 g/mol. The van der Waals surface area contributed by atoms with Gasteiger partial charge in [0.05, 0.1) is 19.6 Å². The molecule has 174 valence electrons. The first-order valence-corrected chi connectivity index (χ1v) is 9.25. The van der Waals surface area contributed by atoms with E-state index >= 15 is 0 Å². The summed E-state index contributed by atoms with van der Waals surface area (Å²) in [7, 11) is 0. The number of nitrogens with zero attached hydrogens (tertiary/aromatic N) is 3. The molecule has 0 amide bonds. The molecule has 0 radical (unpaired) electrons. The van der Waals surface area contributed by atoms with Crippen LogP contribution in [0.1, 0.15) is 20.8 Å².